The zero-order valence-corrected chi connectivity index (χ0v) is 14.1. The fraction of sp³-hybridized carbons (Fsp3) is 0.222. The van der Waals surface area contributed by atoms with Crippen molar-refractivity contribution in [2.24, 2.45) is 0 Å². The molecule has 6 heteroatoms. The normalized spacial score (nSPS) is 10.9. The summed E-state index contributed by atoms with van der Waals surface area (Å²) in [7, 11) is 0. The Morgan fingerprint density at radius 3 is 2.71 bits per heavy atom. The number of aromatic amines is 1. The topological polar surface area (TPSA) is 82.2 Å². The van der Waals surface area contributed by atoms with Crippen LogP contribution in [0.15, 0.2) is 41.2 Å². The molecule has 0 aliphatic heterocycles. The smallest absolute Gasteiger partial charge is 0.305 e. The quantitative estimate of drug-likeness (QED) is 0.666. The van der Waals surface area contributed by atoms with Crippen molar-refractivity contribution in [3.05, 3.63) is 62.8 Å². The molecule has 2 aromatic carbocycles. The third kappa shape index (κ3) is 3.65. The van der Waals surface area contributed by atoms with E-state index in [9.17, 15) is 14.7 Å². The van der Waals surface area contributed by atoms with Crippen molar-refractivity contribution in [2.45, 2.75) is 19.8 Å². The largest absolute Gasteiger partial charge is 0.506 e. The highest BCUT2D eigenvalue weighted by Gasteiger charge is 2.10. The van der Waals surface area contributed by atoms with E-state index < -0.39 is 0 Å². The first-order valence-corrected chi connectivity index (χ1v) is 8.50. The average molecular weight is 342 g/mol. The molecule has 0 aliphatic carbocycles. The number of thiazole rings is 1. The summed E-state index contributed by atoms with van der Waals surface area (Å²) in [6.45, 7) is 2.49. The van der Waals surface area contributed by atoms with Crippen LogP contribution in [0.4, 0.5) is 0 Å². The van der Waals surface area contributed by atoms with E-state index in [1.807, 2.05) is 31.2 Å². The number of nitrogens with one attached hydrogen (secondary N) is 2. The molecule has 0 aliphatic rings. The lowest BCUT2D eigenvalue weighted by Crippen LogP contribution is -2.27. The first-order valence-electron chi connectivity index (χ1n) is 7.69. The molecule has 24 heavy (non-hydrogen) atoms. The van der Waals surface area contributed by atoms with Crippen molar-refractivity contribution in [1.29, 1.82) is 0 Å². The maximum Gasteiger partial charge on any atom is 0.305 e. The molecule has 0 bridgehead atoms. The minimum absolute atomic E-state index is 0.0314. The van der Waals surface area contributed by atoms with Gasteiger partial charge in [-0.05, 0) is 30.5 Å². The van der Waals surface area contributed by atoms with Crippen LogP contribution in [0.1, 0.15) is 16.7 Å². The van der Waals surface area contributed by atoms with Gasteiger partial charge < -0.3 is 15.4 Å². The monoisotopic (exact) mass is 342 g/mol. The minimum Gasteiger partial charge on any atom is -0.506 e. The first kappa shape index (κ1) is 16.3. The van der Waals surface area contributed by atoms with E-state index in [0.717, 1.165) is 27.2 Å². The molecule has 0 fully saturated rings. The van der Waals surface area contributed by atoms with Crippen molar-refractivity contribution in [1.82, 2.24) is 10.3 Å². The standard InChI is InChI=1S/C18H18N2O3S/c1-11-2-4-12(5-3-11)10-15(22)19-9-8-13-6-7-14(21)16-17(13)24-18(23)20-16/h2-7,21H,8-10H2,1H3,(H,19,22)(H,20,23). The molecule has 3 rings (SSSR count). The number of hydrogen-bond acceptors (Lipinski definition) is 4. The molecule has 1 amide bonds. The number of aromatic nitrogens is 1. The Hall–Kier alpha value is -2.60. The SMILES string of the molecule is Cc1ccc(CC(=O)NCCc2ccc(O)c3[nH]c(=O)sc23)cc1. The number of rotatable bonds is 5. The molecule has 3 aromatic rings. The Morgan fingerprint density at radius 2 is 1.96 bits per heavy atom. The van der Waals surface area contributed by atoms with Crippen molar-refractivity contribution >= 4 is 27.5 Å². The number of aromatic hydroxyl groups is 1. The van der Waals surface area contributed by atoms with Crippen LogP contribution < -0.4 is 10.2 Å². The summed E-state index contributed by atoms with van der Waals surface area (Å²) in [5, 5.41) is 12.7. The molecular formula is C18H18N2O3S. The summed E-state index contributed by atoms with van der Waals surface area (Å²) in [5.74, 6) is 0.0339. The molecule has 5 nitrogen and oxygen atoms in total. The molecule has 0 radical (unpaired) electrons. The lowest BCUT2D eigenvalue weighted by Gasteiger charge is -2.07. The maximum atomic E-state index is 12.0. The van der Waals surface area contributed by atoms with E-state index in [1.165, 1.54) is 5.56 Å². The number of amides is 1. The van der Waals surface area contributed by atoms with Crippen LogP contribution in [0.3, 0.4) is 0 Å². The lowest BCUT2D eigenvalue weighted by atomic mass is 10.1. The van der Waals surface area contributed by atoms with Gasteiger partial charge in [-0.3, -0.25) is 9.59 Å². The fourth-order valence-electron chi connectivity index (χ4n) is 2.56. The van der Waals surface area contributed by atoms with Gasteiger partial charge in [0.05, 0.1) is 11.1 Å². The van der Waals surface area contributed by atoms with Crippen LogP contribution >= 0.6 is 11.3 Å². The number of phenols is 1. The number of benzene rings is 2. The predicted molar refractivity (Wildman–Crippen MR) is 95.7 cm³/mol. The van der Waals surface area contributed by atoms with Crippen LogP contribution in [-0.2, 0) is 17.6 Å². The fourth-order valence-corrected chi connectivity index (χ4v) is 3.46. The molecule has 1 aromatic heterocycles. The Morgan fingerprint density at radius 1 is 1.21 bits per heavy atom. The van der Waals surface area contributed by atoms with Crippen molar-refractivity contribution < 1.29 is 9.90 Å². The van der Waals surface area contributed by atoms with E-state index in [4.69, 9.17) is 0 Å². The van der Waals surface area contributed by atoms with Gasteiger partial charge in [-0.1, -0.05) is 47.2 Å². The summed E-state index contributed by atoms with van der Waals surface area (Å²) in [6, 6.07) is 11.2. The van der Waals surface area contributed by atoms with Gasteiger partial charge >= 0.3 is 4.87 Å². The summed E-state index contributed by atoms with van der Waals surface area (Å²) in [5.41, 5.74) is 3.55. The predicted octanol–water partition coefficient (Wildman–Crippen LogP) is 2.51. The van der Waals surface area contributed by atoms with Crippen LogP contribution in [-0.4, -0.2) is 22.5 Å². The second kappa shape index (κ2) is 6.88. The van der Waals surface area contributed by atoms with Crippen molar-refractivity contribution in [3.63, 3.8) is 0 Å². The third-order valence-corrected chi connectivity index (χ3v) is 4.80. The van der Waals surface area contributed by atoms with E-state index in [2.05, 4.69) is 10.3 Å². The molecular weight excluding hydrogens is 324 g/mol. The zero-order valence-electron chi connectivity index (χ0n) is 13.3. The molecule has 0 saturated heterocycles. The van der Waals surface area contributed by atoms with E-state index in [1.54, 1.807) is 12.1 Å². The Balaban J connectivity index is 1.60. The van der Waals surface area contributed by atoms with Gasteiger partial charge in [0.15, 0.2) is 0 Å². The number of aryl methyl sites for hydroxylation is 1. The van der Waals surface area contributed by atoms with E-state index >= 15 is 0 Å². The number of carbonyl (C=O) groups excluding carboxylic acids is 1. The maximum absolute atomic E-state index is 12.0. The highest BCUT2D eigenvalue weighted by molar-refractivity contribution is 7.16. The molecule has 0 unspecified atom stereocenters. The number of carbonyl (C=O) groups is 1. The molecule has 0 spiro atoms. The highest BCUT2D eigenvalue weighted by atomic mass is 32.1. The summed E-state index contributed by atoms with van der Waals surface area (Å²) < 4.78 is 0.743. The molecule has 0 atom stereocenters. The number of fused-ring (bicyclic) bond motifs is 1. The first-order chi connectivity index (χ1) is 11.5. The lowest BCUT2D eigenvalue weighted by molar-refractivity contribution is -0.120. The Labute approximate surface area is 143 Å². The van der Waals surface area contributed by atoms with E-state index in [0.29, 0.717) is 24.9 Å². The summed E-state index contributed by atoms with van der Waals surface area (Å²) >= 11 is 1.07. The second-order valence-corrected chi connectivity index (χ2v) is 6.71. The van der Waals surface area contributed by atoms with Crippen molar-refractivity contribution in [2.75, 3.05) is 6.54 Å². The van der Waals surface area contributed by atoms with Gasteiger partial charge in [0.2, 0.25) is 5.91 Å². The zero-order chi connectivity index (χ0) is 17.1. The number of hydrogen-bond donors (Lipinski definition) is 3. The second-order valence-electron chi connectivity index (χ2n) is 5.72. The number of H-pyrrole nitrogens is 1. The highest BCUT2D eigenvalue weighted by Crippen LogP contribution is 2.27. The van der Waals surface area contributed by atoms with Crippen molar-refractivity contribution in [3.8, 4) is 5.75 Å². The van der Waals surface area contributed by atoms with Gasteiger partial charge in [0.25, 0.3) is 0 Å². The summed E-state index contributed by atoms with van der Waals surface area (Å²) in [4.78, 5) is 25.9. The van der Waals surface area contributed by atoms with Gasteiger partial charge in [-0.25, -0.2) is 0 Å². The van der Waals surface area contributed by atoms with Gasteiger partial charge in [-0.2, -0.15) is 0 Å². The number of phenolic OH excluding ortho intramolecular Hbond substituents is 1. The van der Waals surface area contributed by atoms with Gasteiger partial charge in [0.1, 0.15) is 11.3 Å². The molecule has 124 valence electrons. The summed E-state index contributed by atoms with van der Waals surface area (Å²) in [6.07, 6.45) is 0.951. The van der Waals surface area contributed by atoms with Crippen LogP contribution in [0, 0.1) is 6.92 Å². The minimum atomic E-state index is -0.198. The molecule has 1 heterocycles. The average Bonchev–Trinajstić information content (AvgIpc) is 2.94. The molecule has 3 N–H and O–H groups in total. The third-order valence-electron chi connectivity index (χ3n) is 3.84. The van der Waals surface area contributed by atoms with Gasteiger partial charge in [-0.15, -0.1) is 0 Å². The Kier molecular flexibility index (Phi) is 4.66. The van der Waals surface area contributed by atoms with Crippen LogP contribution in [0.25, 0.3) is 10.2 Å². The Bertz CT molecular complexity index is 926. The van der Waals surface area contributed by atoms with E-state index in [-0.39, 0.29) is 16.5 Å². The van der Waals surface area contributed by atoms with Crippen LogP contribution in [0.2, 0.25) is 0 Å². The van der Waals surface area contributed by atoms with Gasteiger partial charge in [0, 0.05) is 6.54 Å². The molecule has 0 saturated carbocycles. The van der Waals surface area contributed by atoms with Crippen LogP contribution in [0.5, 0.6) is 5.75 Å².